The van der Waals surface area contributed by atoms with E-state index in [0.717, 1.165) is 38.5 Å². The third kappa shape index (κ3) is 30.5. The van der Waals surface area contributed by atoms with Crippen molar-refractivity contribution in [3.8, 4) is 0 Å². The van der Waals surface area contributed by atoms with Crippen molar-refractivity contribution in [2.24, 2.45) is 0 Å². The predicted molar refractivity (Wildman–Crippen MR) is 271 cm³/mol. The molecular formula is C51H102O2S4. The van der Waals surface area contributed by atoms with Crippen LogP contribution in [-0.2, 0) is 4.79 Å². The lowest BCUT2D eigenvalue weighted by Crippen LogP contribution is -2.45. The van der Waals surface area contributed by atoms with Gasteiger partial charge in [-0.3, -0.25) is 0 Å². The second-order valence-corrected chi connectivity index (χ2v) is 24.0. The van der Waals surface area contributed by atoms with Gasteiger partial charge in [-0.1, -0.05) is 235 Å². The van der Waals surface area contributed by atoms with Crippen LogP contribution in [0.1, 0.15) is 287 Å². The van der Waals surface area contributed by atoms with E-state index in [1.807, 2.05) is 23.5 Å². The fourth-order valence-electron chi connectivity index (χ4n) is 8.14. The number of carboxylic acids is 1. The summed E-state index contributed by atoms with van der Waals surface area (Å²) >= 11 is 8.09. The van der Waals surface area contributed by atoms with Crippen LogP contribution in [0.2, 0.25) is 0 Å². The topological polar surface area (TPSA) is 37.3 Å². The summed E-state index contributed by atoms with van der Waals surface area (Å²) in [6.07, 6.45) is 46.5. The average Bonchev–Trinajstić information content (AvgIpc) is 3.22. The number of aliphatic carboxylic acids is 1. The first-order valence-electron chi connectivity index (χ1n) is 25.7. The molecule has 0 saturated carbocycles. The minimum Gasteiger partial charge on any atom is -0.480 e. The summed E-state index contributed by atoms with van der Waals surface area (Å²) in [5, 5.41) is 13.7. The monoisotopic (exact) mass is 875 g/mol. The highest BCUT2D eigenvalue weighted by atomic mass is 32.2. The molecule has 0 aliphatic heterocycles. The van der Waals surface area contributed by atoms with Gasteiger partial charge in [0.2, 0.25) is 0 Å². The number of carboxylic acid groups (broad SMARTS) is 1. The van der Waals surface area contributed by atoms with Crippen molar-refractivity contribution in [3.63, 3.8) is 0 Å². The zero-order valence-corrected chi connectivity index (χ0v) is 43.1. The first-order chi connectivity index (χ1) is 27.8. The van der Waals surface area contributed by atoms with Gasteiger partial charge >= 0.3 is 5.97 Å². The Bertz CT molecular complexity index is 784. The molecule has 0 aromatic rings. The lowest BCUT2D eigenvalue weighted by atomic mass is 10.1. The molecule has 4 unspecified atom stereocenters. The molecule has 0 aliphatic rings. The van der Waals surface area contributed by atoms with Crippen LogP contribution in [0.5, 0.6) is 0 Å². The maximum Gasteiger partial charge on any atom is 0.332 e. The van der Waals surface area contributed by atoms with E-state index in [1.54, 1.807) is 0 Å². The van der Waals surface area contributed by atoms with Gasteiger partial charge in [-0.05, 0) is 51.4 Å². The van der Waals surface area contributed by atoms with Gasteiger partial charge in [0.15, 0.2) is 4.08 Å². The molecule has 57 heavy (non-hydrogen) atoms. The molecule has 2 nitrogen and oxygen atoms in total. The maximum atomic E-state index is 14.4. The summed E-state index contributed by atoms with van der Waals surface area (Å²) in [5.74, 6) is -0.532. The predicted octanol–water partition coefficient (Wildman–Crippen LogP) is 19.7. The highest BCUT2D eigenvalue weighted by molar-refractivity contribution is 8.25. The third-order valence-corrected chi connectivity index (χ3v) is 20.5. The number of hydrogen-bond acceptors (Lipinski definition) is 5. The first kappa shape index (κ1) is 57.9. The van der Waals surface area contributed by atoms with Gasteiger partial charge in [0.25, 0.3) is 0 Å². The van der Waals surface area contributed by atoms with E-state index in [1.165, 1.54) is 193 Å². The van der Waals surface area contributed by atoms with E-state index in [4.69, 9.17) is 0 Å². The van der Waals surface area contributed by atoms with Crippen molar-refractivity contribution in [1.29, 1.82) is 0 Å². The summed E-state index contributed by atoms with van der Waals surface area (Å²) in [6.45, 7) is 18.6. The average molecular weight is 876 g/mol. The lowest BCUT2D eigenvalue weighted by Gasteiger charge is -2.42. The fourth-order valence-corrected chi connectivity index (χ4v) is 16.3. The molecule has 0 fully saturated rings. The van der Waals surface area contributed by atoms with Gasteiger partial charge in [0, 0.05) is 21.0 Å². The second-order valence-electron chi connectivity index (χ2n) is 17.6. The Labute approximate surface area is 376 Å². The van der Waals surface area contributed by atoms with Gasteiger partial charge in [-0.25, -0.2) is 4.79 Å². The molecule has 0 spiro atoms. The van der Waals surface area contributed by atoms with E-state index in [9.17, 15) is 9.90 Å². The molecule has 0 radical (unpaired) electrons. The largest absolute Gasteiger partial charge is 0.480 e. The Morgan fingerprint density at radius 1 is 0.368 bits per heavy atom. The number of rotatable bonds is 46. The number of hydrogen-bond donors (Lipinski definition) is 1. The van der Waals surface area contributed by atoms with Gasteiger partial charge in [-0.2, -0.15) is 0 Å². The van der Waals surface area contributed by atoms with Crippen LogP contribution in [0.3, 0.4) is 0 Å². The van der Waals surface area contributed by atoms with Crippen LogP contribution in [0.4, 0.5) is 0 Å². The van der Waals surface area contributed by atoms with Gasteiger partial charge in [-0.15, -0.1) is 47.0 Å². The molecular weight excluding hydrogens is 773 g/mol. The van der Waals surface area contributed by atoms with Crippen molar-refractivity contribution in [1.82, 2.24) is 0 Å². The van der Waals surface area contributed by atoms with Crippen molar-refractivity contribution in [3.05, 3.63) is 0 Å². The zero-order valence-electron chi connectivity index (χ0n) is 39.8. The molecule has 0 bridgehead atoms. The Hall–Kier alpha value is 0.870. The highest BCUT2D eigenvalue weighted by Gasteiger charge is 2.52. The minimum atomic E-state index is -0.833. The summed E-state index contributed by atoms with van der Waals surface area (Å²) in [5.41, 5.74) is 0. The number of unbranched alkanes of at least 4 members (excludes halogenated alkanes) is 24. The smallest absolute Gasteiger partial charge is 0.332 e. The minimum absolute atomic E-state index is 0.0557. The quantitative estimate of drug-likeness (QED) is 0.0485. The molecule has 4 atom stereocenters. The maximum absolute atomic E-state index is 14.4. The molecule has 0 aromatic heterocycles. The van der Waals surface area contributed by atoms with Gasteiger partial charge < -0.3 is 5.11 Å². The van der Waals surface area contributed by atoms with Crippen LogP contribution in [0.25, 0.3) is 0 Å². The van der Waals surface area contributed by atoms with E-state index in [2.05, 4.69) is 78.9 Å². The van der Waals surface area contributed by atoms with Crippen molar-refractivity contribution >= 4 is 53.0 Å². The van der Waals surface area contributed by atoms with Crippen molar-refractivity contribution in [2.75, 3.05) is 0 Å². The van der Waals surface area contributed by atoms with E-state index >= 15 is 0 Å². The standard InChI is InChI=1S/C51H102O2S4/c1-9-17-21-25-29-33-37-41-45(13-5)54-50(55-46(14-6)42-38-34-30-26-22-18-10-2)51(49(52)53,56-47(15-7)43-39-35-31-27-23-19-11-3)57-48(16-8)44-40-36-32-28-24-20-12-4/h45-48,50H,9-44H2,1-8H3,(H,52,53). The Balaban J connectivity index is 6.49. The number of carbonyl (C=O) groups is 1. The first-order valence-corrected chi connectivity index (χ1v) is 29.4. The summed E-state index contributed by atoms with van der Waals surface area (Å²) in [6, 6.07) is 0. The normalized spacial score (nSPS) is 15.6. The highest BCUT2D eigenvalue weighted by Crippen LogP contribution is 2.57. The van der Waals surface area contributed by atoms with Crippen LogP contribution in [-0.4, -0.2) is 40.7 Å². The third-order valence-electron chi connectivity index (χ3n) is 12.3. The van der Waals surface area contributed by atoms with Crippen molar-refractivity contribution in [2.45, 2.75) is 316 Å². The second kappa shape index (κ2) is 42.2. The van der Waals surface area contributed by atoms with E-state index < -0.39 is 10.0 Å². The SMILES string of the molecule is CCCCCCCCCC(CC)SC(SC(CC)CCCCCCCCC)C(SC(CC)CCCCCCCCC)(SC(CC)CCCCCCCCC)C(=O)O. The Morgan fingerprint density at radius 3 is 0.825 bits per heavy atom. The zero-order chi connectivity index (χ0) is 42.2. The molecule has 342 valence electrons. The van der Waals surface area contributed by atoms with Crippen LogP contribution in [0.15, 0.2) is 0 Å². The fraction of sp³-hybridized carbons (Fsp3) is 0.980. The van der Waals surface area contributed by atoms with E-state index in [-0.39, 0.29) is 4.58 Å². The summed E-state index contributed by atoms with van der Waals surface area (Å²) in [7, 11) is 0. The number of thioether (sulfide) groups is 4. The van der Waals surface area contributed by atoms with Crippen LogP contribution < -0.4 is 0 Å². The lowest BCUT2D eigenvalue weighted by molar-refractivity contribution is -0.137. The molecule has 0 rings (SSSR count). The van der Waals surface area contributed by atoms with E-state index in [0.29, 0.717) is 21.0 Å². The Morgan fingerprint density at radius 2 is 0.596 bits per heavy atom. The molecule has 6 heteroatoms. The molecule has 0 aromatic carbocycles. The molecule has 0 aliphatic carbocycles. The van der Waals surface area contributed by atoms with Crippen LogP contribution >= 0.6 is 47.0 Å². The summed E-state index contributed by atoms with van der Waals surface area (Å²) in [4.78, 5) is 14.4. The molecule has 0 heterocycles. The summed E-state index contributed by atoms with van der Waals surface area (Å²) < 4.78 is -0.778. The van der Waals surface area contributed by atoms with Gasteiger partial charge in [0.1, 0.15) is 0 Å². The van der Waals surface area contributed by atoms with Gasteiger partial charge in [0.05, 0.1) is 4.58 Å². The Kier molecular flexibility index (Phi) is 42.8. The van der Waals surface area contributed by atoms with Crippen LogP contribution in [0, 0.1) is 0 Å². The molecule has 0 saturated heterocycles. The van der Waals surface area contributed by atoms with Crippen molar-refractivity contribution < 1.29 is 9.90 Å². The molecule has 1 N–H and O–H groups in total. The molecule has 0 amide bonds.